The maximum Gasteiger partial charge on any atom is 0.261 e. The second kappa shape index (κ2) is 13.1. The van der Waals surface area contributed by atoms with Gasteiger partial charge >= 0.3 is 0 Å². The molecule has 0 aliphatic heterocycles. The highest BCUT2D eigenvalue weighted by Gasteiger charge is 2.31. The Balaban J connectivity index is 1.92. The van der Waals surface area contributed by atoms with E-state index in [1.165, 1.54) is 0 Å². The molecular weight excluding hydrogens is 472 g/mol. The molecule has 3 aromatic rings. The van der Waals surface area contributed by atoms with Gasteiger partial charge < -0.3 is 15.0 Å². The number of amides is 2. The Bertz CT molecular complexity index is 1150. The summed E-state index contributed by atoms with van der Waals surface area (Å²) in [6, 6.07) is 22.2. The van der Waals surface area contributed by atoms with E-state index in [2.05, 4.69) is 5.32 Å². The molecule has 0 aromatic heterocycles. The highest BCUT2D eigenvalue weighted by Crippen LogP contribution is 2.22. The van der Waals surface area contributed by atoms with Gasteiger partial charge in [-0.1, -0.05) is 73.1 Å². The van der Waals surface area contributed by atoms with Crippen LogP contribution in [0.1, 0.15) is 42.5 Å². The number of ether oxygens (including phenoxy) is 1. The predicted octanol–water partition coefficient (Wildman–Crippen LogP) is 5.89. The van der Waals surface area contributed by atoms with Gasteiger partial charge in [0.2, 0.25) is 5.91 Å². The minimum absolute atomic E-state index is 0.00514. The number of carbonyl (C=O) groups excluding carboxylic acids is 2. The van der Waals surface area contributed by atoms with Crippen LogP contribution in [0.4, 0.5) is 0 Å². The third-order valence-corrected chi connectivity index (χ3v) is 6.70. The van der Waals surface area contributed by atoms with Crippen molar-refractivity contribution in [2.45, 2.75) is 59.2 Å². The molecule has 0 unspecified atom stereocenters. The Morgan fingerprint density at radius 2 is 1.64 bits per heavy atom. The lowest BCUT2D eigenvalue weighted by Crippen LogP contribution is -2.53. The standard InChI is InChI=1S/C30H35ClN2O3/c1-5-22(3)32-30(35)27(18-24-11-7-6-8-12-24)33(19-25-14-16-26(31)17-15-25)29(34)20-36-28-13-9-10-21(2)23(28)4/h6-17,22,27H,5,18-20H2,1-4H3,(H,32,35)/t22-,27+/m1/s1. The lowest BCUT2D eigenvalue weighted by Gasteiger charge is -2.32. The lowest BCUT2D eigenvalue weighted by atomic mass is 10.0. The van der Waals surface area contributed by atoms with Crippen LogP contribution in [0.2, 0.25) is 5.02 Å². The molecule has 0 aliphatic carbocycles. The van der Waals surface area contributed by atoms with Crippen LogP contribution in [0.5, 0.6) is 5.75 Å². The van der Waals surface area contributed by atoms with E-state index in [9.17, 15) is 9.59 Å². The van der Waals surface area contributed by atoms with Gasteiger partial charge in [0.15, 0.2) is 6.61 Å². The first kappa shape index (κ1) is 27.3. The number of benzene rings is 3. The second-order valence-corrected chi connectivity index (χ2v) is 9.59. The van der Waals surface area contributed by atoms with Crippen LogP contribution < -0.4 is 10.1 Å². The van der Waals surface area contributed by atoms with Crippen LogP contribution in [0.25, 0.3) is 0 Å². The summed E-state index contributed by atoms with van der Waals surface area (Å²) in [6.45, 7) is 8.06. The van der Waals surface area contributed by atoms with Gasteiger partial charge in [-0.2, -0.15) is 0 Å². The molecule has 190 valence electrons. The zero-order chi connectivity index (χ0) is 26.1. The molecule has 0 bridgehead atoms. The van der Waals surface area contributed by atoms with Crippen LogP contribution in [0, 0.1) is 13.8 Å². The topological polar surface area (TPSA) is 58.6 Å². The molecule has 0 radical (unpaired) electrons. The van der Waals surface area contributed by atoms with E-state index in [0.29, 0.717) is 17.2 Å². The van der Waals surface area contributed by atoms with E-state index < -0.39 is 6.04 Å². The summed E-state index contributed by atoms with van der Waals surface area (Å²) in [7, 11) is 0. The van der Waals surface area contributed by atoms with E-state index in [1.807, 2.05) is 88.4 Å². The molecule has 0 saturated heterocycles. The lowest BCUT2D eigenvalue weighted by molar-refractivity contribution is -0.143. The minimum Gasteiger partial charge on any atom is -0.483 e. The number of nitrogens with zero attached hydrogens (tertiary/aromatic N) is 1. The largest absolute Gasteiger partial charge is 0.483 e. The molecule has 5 nitrogen and oxygen atoms in total. The fraction of sp³-hybridized carbons (Fsp3) is 0.333. The number of carbonyl (C=O) groups is 2. The highest BCUT2D eigenvalue weighted by molar-refractivity contribution is 6.30. The van der Waals surface area contributed by atoms with Crippen molar-refractivity contribution in [3.05, 3.63) is 100 Å². The van der Waals surface area contributed by atoms with Crippen LogP contribution in [-0.2, 0) is 22.6 Å². The number of aryl methyl sites for hydroxylation is 1. The molecule has 3 aromatic carbocycles. The molecule has 3 rings (SSSR count). The third kappa shape index (κ3) is 7.59. The summed E-state index contributed by atoms with van der Waals surface area (Å²) in [6.07, 6.45) is 1.19. The molecule has 0 saturated carbocycles. The molecule has 0 aliphatic rings. The molecule has 2 amide bonds. The molecule has 2 atom stereocenters. The molecule has 1 N–H and O–H groups in total. The first-order chi connectivity index (χ1) is 17.3. The molecule has 0 heterocycles. The summed E-state index contributed by atoms with van der Waals surface area (Å²) in [4.78, 5) is 28.8. The Kier molecular flexibility index (Phi) is 9.95. The number of halogens is 1. The van der Waals surface area contributed by atoms with E-state index in [4.69, 9.17) is 16.3 Å². The Morgan fingerprint density at radius 3 is 2.31 bits per heavy atom. The van der Waals surface area contributed by atoms with Gasteiger partial charge in [-0.15, -0.1) is 0 Å². The SMILES string of the molecule is CC[C@@H](C)NC(=O)[C@H](Cc1ccccc1)N(Cc1ccc(Cl)cc1)C(=O)COc1cccc(C)c1C. The van der Waals surface area contributed by atoms with Gasteiger partial charge in [0, 0.05) is 24.0 Å². The fourth-order valence-corrected chi connectivity index (χ4v) is 4.01. The first-order valence-electron chi connectivity index (χ1n) is 12.4. The average molecular weight is 507 g/mol. The van der Waals surface area contributed by atoms with Crippen molar-refractivity contribution in [3.63, 3.8) is 0 Å². The quantitative estimate of drug-likeness (QED) is 0.352. The van der Waals surface area contributed by atoms with E-state index in [0.717, 1.165) is 28.7 Å². The fourth-order valence-electron chi connectivity index (χ4n) is 3.88. The minimum atomic E-state index is -0.702. The van der Waals surface area contributed by atoms with Gasteiger partial charge in [-0.25, -0.2) is 0 Å². The number of hydrogen-bond donors (Lipinski definition) is 1. The molecule has 36 heavy (non-hydrogen) atoms. The zero-order valence-electron chi connectivity index (χ0n) is 21.5. The first-order valence-corrected chi connectivity index (χ1v) is 12.7. The summed E-state index contributed by atoms with van der Waals surface area (Å²) < 4.78 is 5.96. The van der Waals surface area contributed by atoms with E-state index >= 15 is 0 Å². The maximum absolute atomic E-state index is 13.7. The number of hydrogen-bond acceptors (Lipinski definition) is 3. The van der Waals surface area contributed by atoms with Crippen LogP contribution >= 0.6 is 11.6 Å². The summed E-state index contributed by atoms with van der Waals surface area (Å²) >= 11 is 6.08. The van der Waals surface area contributed by atoms with Crippen LogP contribution in [-0.4, -0.2) is 35.4 Å². The predicted molar refractivity (Wildman–Crippen MR) is 145 cm³/mol. The van der Waals surface area contributed by atoms with Crippen molar-refractivity contribution >= 4 is 23.4 Å². The number of rotatable bonds is 11. The summed E-state index contributed by atoms with van der Waals surface area (Å²) in [5, 5.41) is 3.69. The normalized spacial score (nSPS) is 12.5. The van der Waals surface area contributed by atoms with Crippen molar-refractivity contribution in [1.82, 2.24) is 10.2 Å². The van der Waals surface area contributed by atoms with Gasteiger partial charge in [0.25, 0.3) is 5.91 Å². The van der Waals surface area contributed by atoms with Gasteiger partial charge in [0.05, 0.1) is 0 Å². The summed E-state index contributed by atoms with van der Waals surface area (Å²) in [5.74, 6) is 0.229. The Labute approximate surface area is 219 Å². The molecule has 0 fully saturated rings. The second-order valence-electron chi connectivity index (χ2n) is 9.16. The van der Waals surface area contributed by atoms with E-state index in [1.54, 1.807) is 17.0 Å². The summed E-state index contributed by atoms with van der Waals surface area (Å²) in [5.41, 5.74) is 3.94. The smallest absolute Gasteiger partial charge is 0.261 e. The van der Waals surface area contributed by atoms with Gasteiger partial charge in [0.1, 0.15) is 11.8 Å². The van der Waals surface area contributed by atoms with Gasteiger partial charge in [-0.05, 0) is 67.6 Å². The van der Waals surface area contributed by atoms with E-state index in [-0.39, 0.29) is 31.0 Å². The maximum atomic E-state index is 13.7. The van der Waals surface area contributed by atoms with Crippen molar-refractivity contribution in [3.8, 4) is 5.75 Å². The monoisotopic (exact) mass is 506 g/mol. The van der Waals surface area contributed by atoms with Crippen LogP contribution in [0.3, 0.4) is 0 Å². The Morgan fingerprint density at radius 1 is 0.944 bits per heavy atom. The van der Waals surface area contributed by atoms with Crippen molar-refractivity contribution in [2.75, 3.05) is 6.61 Å². The molecular formula is C30H35ClN2O3. The average Bonchev–Trinajstić information content (AvgIpc) is 2.88. The van der Waals surface area contributed by atoms with Gasteiger partial charge in [-0.3, -0.25) is 9.59 Å². The third-order valence-electron chi connectivity index (χ3n) is 6.44. The van der Waals surface area contributed by atoms with Crippen molar-refractivity contribution < 1.29 is 14.3 Å². The van der Waals surface area contributed by atoms with Crippen molar-refractivity contribution in [2.24, 2.45) is 0 Å². The van der Waals surface area contributed by atoms with Crippen LogP contribution in [0.15, 0.2) is 72.8 Å². The Hall–Kier alpha value is -3.31. The number of nitrogens with one attached hydrogen (secondary N) is 1. The zero-order valence-corrected chi connectivity index (χ0v) is 22.2. The molecule has 6 heteroatoms. The van der Waals surface area contributed by atoms with Crippen molar-refractivity contribution in [1.29, 1.82) is 0 Å². The highest BCUT2D eigenvalue weighted by atomic mass is 35.5. The molecule has 0 spiro atoms.